The van der Waals surface area contributed by atoms with Gasteiger partial charge in [-0.25, -0.2) is 0 Å². The smallest absolute Gasteiger partial charge is 0.258 e. The highest BCUT2D eigenvalue weighted by atomic mass is 16.2. The third kappa shape index (κ3) is 3.75. The first-order valence-corrected chi connectivity index (χ1v) is 9.94. The Labute approximate surface area is 160 Å². The van der Waals surface area contributed by atoms with Crippen molar-refractivity contribution in [3.8, 4) is 0 Å². The van der Waals surface area contributed by atoms with Crippen molar-refractivity contribution in [3.63, 3.8) is 0 Å². The molecule has 0 atom stereocenters. The van der Waals surface area contributed by atoms with Gasteiger partial charge in [-0.15, -0.1) is 0 Å². The second kappa shape index (κ2) is 7.55. The Balaban J connectivity index is 1.55. The van der Waals surface area contributed by atoms with Crippen LogP contribution in [0.25, 0.3) is 0 Å². The van der Waals surface area contributed by atoms with Crippen molar-refractivity contribution in [2.75, 3.05) is 11.4 Å². The van der Waals surface area contributed by atoms with E-state index in [1.807, 2.05) is 54.3 Å². The topological polar surface area (TPSA) is 49.4 Å². The number of carbonyl (C=O) groups excluding carboxylic acids is 2. The SMILES string of the molecule is Cc1ccc(C(=O)N2CCCc3cc(C(=O)NC4CCCC4)ccc32)cc1. The van der Waals surface area contributed by atoms with Crippen LogP contribution in [0.2, 0.25) is 0 Å². The molecule has 1 aliphatic heterocycles. The van der Waals surface area contributed by atoms with Crippen LogP contribution in [0.4, 0.5) is 5.69 Å². The van der Waals surface area contributed by atoms with Gasteiger partial charge in [0.15, 0.2) is 0 Å². The number of nitrogens with zero attached hydrogens (tertiary/aromatic N) is 1. The number of aryl methyl sites for hydroxylation is 2. The monoisotopic (exact) mass is 362 g/mol. The van der Waals surface area contributed by atoms with E-state index in [0.29, 0.717) is 23.7 Å². The number of fused-ring (bicyclic) bond motifs is 1. The standard InChI is InChI=1S/C23H26N2O2/c1-16-8-10-17(11-9-16)23(27)25-14-4-5-18-15-19(12-13-21(18)25)22(26)24-20-6-2-3-7-20/h8-13,15,20H,2-7,14H2,1H3,(H,24,26). The molecule has 4 rings (SSSR count). The highest BCUT2D eigenvalue weighted by Crippen LogP contribution is 2.30. The lowest BCUT2D eigenvalue weighted by atomic mass is 9.98. The van der Waals surface area contributed by atoms with E-state index in [1.54, 1.807) is 0 Å². The van der Waals surface area contributed by atoms with Gasteiger partial charge in [-0.2, -0.15) is 0 Å². The summed E-state index contributed by atoms with van der Waals surface area (Å²) in [7, 11) is 0. The Kier molecular flexibility index (Phi) is 4.97. The van der Waals surface area contributed by atoms with Crippen LogP contribution in [0, 0.1) is 6.92 Å². The molecule has 1 aliphatic carbocycles. The minimum Gasteiger partial charge on any atom is -0.349 e. The molecule has 1 saturated carbocycles. The first-order chi connectivity index (χ1) is 13.1. The van der Waals surface area contributed by atoms with Crippen LogP contribution in [0.3, 0.4) is 0 Å². The summed E-state index contributed by atoms with van der Waals surface area (Å²) >= 11 is 0. The van der Waals surface area contributed by atoms with E-state index in [1.165, 1.54) is 12.8 Å². The molecule has 1 fully saturated rings. The van der Waals surface area contributed by atoms with Gasteiger partial charge in [0.1, 0.15) is 0 Å². The number of benzene rings is 2. The Morgan fingerprint density at radius 3 is 2.41 bits per heavy atom. The summed E-state index contributed by atoms with van der Waals surface area (Å²) in [6, 6.07) is 13.8. The minimum atomic E-state index is 0.00619. The molecule has 4 heteroatoms. The minimum absolute atomic E-state index is 0.00619. The molecule has 0 spiro atoms. The number of rotatable bonds is 3. The summed E-state index contributed by atoms with van der Waals surface area (Å²) in [6.07, 6.45) is 6.37. The average molecular weight is 362 g/mol. The highest BCUT2D eigenvalue weighted by molar-refractivity contribution is 6.07. The lowest BCUT2D eigenvalue weighted by Gasteiger charge is -2.30. The molecule has 2 aliphatic rings. The van der Waals surface area contributed by atoms with Crippen LogP contribution in [-0.2, 0) is 6.42 Å². The van der Waals surface area contributed by atoms with E-state index >= 15 is 0 Å². The highest BCUT2D eigenvalue weighted by Gasteiger charge is 2.25. The molecule has 0 bridgehead atoms. The summed E-state index contributed by atoms with van der Waals surface area (Å²) < 4.78 is 0. The first-order valence-electron chi connectivity index (χ1n) is 9.94. The molecule has 0 unspecified atom stereocenters. The normalized spacial score (nSPS) is 16.9. The second-order valence-corrected chi connectivity index (χ2v) is 7.72. The largest absolute Gasteiger partial charge is 0.349 e. The molecular weight excluding hydrogens is 336 g/mol. The third-order valence-corrected chi connectivity index (χ3v) is 5.69. The molecule has 0 aromatic heterocycles. The number of hydrogen-bond acceptors (Lipinski definition) is 2. The second-order valence-electron chi connectivity index (χ2n) is 7.72. The van der Waals surface area contributed by atoms with Crippen LogP contribution >= 0.6 is 0 Å². The quantitative estimate of drug-likeness (QED) is 0.887. The van der Waals surface area contributed by atoms with Crippen molar-refractivity contribution in [3.05, 3.63) is 64.7 Å². The maximum atomic E-state index is 13.0. The van der Waals surface area contributed by atoms with Crippen molar-refractivity contribution in [1.29, 1.82) is 0 Å². The summed E-state index contributed by atoms with van der Waals surface area (Å²) in [4.78, 5) is 27.4. The maximum absolute atomic E-state index is 13.0. The van der Waals surface area contributed by atoms with Gasteiger partial charge >= 0.3 is 0 Å². The van der Waals surface area contributed by atoms with Crippen LogP contribution in [0.5, 0.6) is 0 Å². The molecule has 140 valence electrons. The van der Waals surface area contributed by atoms with E-state index in [2.05, 4.69) is 5.32 Å². The van der Waals surface area contributed by atoms with Crippen LogP contribution in [0.15, 0.2) is 42.5 Å². The number of amides is 2. The summed E-state index contributed by atoms with van der Waals surface area (Å²) in [5.74, 6) is 0.0331. The number of nitrogens with one attached hydrogen (secondary N) is 1. The molecular formula is C23H26N2O2. The van der Waals surface area contributed by atoms with Crippen LogP contribution in [-0.4, -0.2) is 24.4 Å². The molecule has 2 aromatic carbocycles. The molecule has 0 saturated heterocycles. The first kappa shape index (κ1) is 17.8. The fourth-order valence-electron chi connectivity index (χ4n) is 4.14. The molecule has 4 nitrogen and oxygen atoms in total. The number of hydrogen-bond donors (Lipinski definition) is 1. The maximum Gasteiger partial charge on any atom is 0.258 e. The van der Waals surface area contributed by atoms with E-state index in [-0.39, 0.29) is 11.8 Å². The summed E-state index contributed by atoms with van der Waals surface area (Å²) in [6.45, 7) is 2.73. The van der Waals surface area contributed by atoms with Crippen molar-refractivity contribution < 1.29 is 9.59 Å². The Morgan fingerprint density at radius 1 is 0.963 bits per heavy atom. The van der Waals surface area contributed by atoms with Crippen molar-refractivity contribution in [2.24, 2.45) is 0 Å². The Hall–Kier alpha value is -2.62. The fourth-order valence-corrected chi connectivity index (χ4v) is 4.14. The molecule has 27 heavy (non-hydrogen) atoms. The molecule has 0 radical (unpaired) electrons. The molecule has 2 amide bonds. The van der Waals surface area contributed by atoms with Crippen molar-refractivity contribution in [1.82, 2.24) is 5.32 Å². The van der Waals surface area contributed by atoms with Crippen molar-refractivity contribution >= 4 is 17.5 Å². The predicted octanol–water partition coefficient (Wildman–Crippen LogP) is 4.26. The predicted molar refractivity (Wildman–Crippen MR) is 107 cm³/mol. The molecule has 1 N–H and O–H groups in total. The fraction of sp³-hybridized carbons (Fsp3) is 0.391. The molecule has 2 aromatic rings. The number of anilines is 1. The van der Waals surface area contributed by atoms with E-state index in [4.69, 9.17) is 0 Å². The van der Waals surface area contributed by atoms with Gasteiger partial charge in [0.2, 0.25) is 0 Å². The average Bonchev–Trinajstić information content (AvgIpc) is 3.20. The van der Waals surface area contributed by atoms with Crippen LogP contribution < -0.4 is 10.2 Å². The molecule has 1 heterocycles. The van der Waals surface area contributed by atoms with Gasteiger partial charge in [0.05, 0.1) is 0 Å². The van der Waals surface area contributed by atoms with Gasteiger partial charge in [-0.05, 0) is 68.5 Å². The third-order valence-electron chi connectivity index (χ3n) is 5.69. The van der Waals surface area contributed by atoms with Gasteiger partial charge in [-0.3, -0.25) is 9.59 Å². The summed E-state index contributed by atoms with van der Waals surface area (Å²) in [5.41, 5.74) is 4.57. The lowest BCUT2D eigenvalue weighted by molar-refractivity contribution is 0.0937. The van der Waals surface area contributed by atoms with Crippen LogP contribution in [0.1, 0.15) is 63.9 Å². The van der Waals surface area contributed by atoms with E-state index < -0.39 is 0 Å². The zero-order valence-corrected chi connectivity index (χ0v) is 15.8. The van der Waals surface area contributed by atoms with Gasteiger partial charge in [0, 0.05) is 29.4 Å². The number of carbonyl (C=O) groups is 2. The summed E-state index contributed by atoms with van der Waals surface area (Å²) in [5, 5.41) is 3.15. The van der Waals surface area contributed by atoms with Crippen molar-refractivity contribution in [2.45, 2.75) is 51.5 Å². The van der Waals surface area contributed by atoms with E-state index in [0.717, 1.165) is 42.5 Å². The van der Waals surface area contributed by atoms with E-state index in [9.17, 15) is 9.59 Å². The Morgan fingerprint density at radius 2 is 1.67 bits per heavy atom. The zero-order valence-electron chi connectivity index (χ0n) is 15.8. The zero-order chi connectivity index (χ0) is 18.8. The van der Waals surface area contributed by atoms with Gasteiger partial charge < -0.3 is 10.2 Å². The Bertz CT molecular complexity index is 851. The lowest BCUT2D eigenvalue weighted by Crippen LogP contribution is -2.36. The van der Waals surface area contributed by atoms with Gasteiger partial charge in [0.25, 0.3) is 11.8 Å². The van der Waals surface area contributed by atoms with Gasteiger partial charge in [-0.1, -0.05) is 30.5 Å².